The second kappa shape index (κ2) is 6.46. The largest absolute Gasteiger partial charge is 0.454 e. The molecule has 0 unspecified atom stereocenters. The van der Waals surface area contributed by atoms with Crippen molar-refractivity contribution in [2.75, 3.05) is 19.2 Å². The van der Waals surface area contributed by atoms with Gasteiger partial charge in [0.1, 0.15) is 0 Å². The van der Waals surface area contributed by atoms with Gasteiger partial charge in [-0.25, -0.2) is 4.79 Å². The maximum atomic E-state index is 12.5. The van der Waals surface area contributed by atoms with Gasteiger partial charge < -0.3 is 19.7 Å². The molecule has 1 aliphatic heterocycles. The molecule has 1 aliphatic rings. The molecule has 0 saturated heterocycles. The summed E-state index contributed by atoms with van der Waals surface area (Å²) >= 11 is 7.89. The summed E-state index contributed by atoms with van der Waals surface area (Å²) in [5, 5.41) is 6.49. The van der Waals surface area contributed by atoms with E-state index in [9.17, 15) is 4.79 Å². The average Bonchev–Trinajstić information content (AvgIpc) is 3.22. The van der Waals surface area contributed by atoms with E-state index >= 15 is 0 Å². The normalized spacial score (nSPS) is 12.4. The molecule has 1 aromatic heterocycles. The van der Waals surface area contributed by atoms with Gasteiger partial charge in [-0.3, -0.25) is 0 Å². The Balaban J connectivity index is 1.49. The molecule has 0 atom stereocenters. The Morgan fingerprint density at radius 1 is 1.28 bits per heavy atom. The maximum Gasteiger partial charge on any atom is 0.321 e. The Kier molecular flexibility index (Phi) is 4.15. The number of rotatable bonds is 3. The van der Waals surface area contributed by atoms with Gasteiger partial charge in [0.25, 0.3) is 0 Å². The Morgan fingerprint density at radius 3 is 2.88 bits per heavy atom. The molecule has 1 N–H and O–H groups in total. The van der Waals surface area contributed by atoms with Crippen LogP contribution in [0.2, 0.25) is 5.02 Å². The molecule has 3 aromatic rings. The van der Waals surface area contributed by atoms with E-state index in [1.807, 2.05) is 12.1 Å². The van der Waals surface area contributed by atoms with E-state index in [4.69, 9.17) is 21.1 Å². The number of nitrogens with zero attached hydrogens (tertiary/aromatic N) is 1. The molecule has 0 spiro atoms. The Morgan fingerprint density at radius 2 is 2.04 bits per heavy atom. The number of thiophene rings is 1. The number of benzene rings is 2. The first-order chi connectivity index (χ1) is 12.1. The van der Waals surface area contributed by atoms with Gasteiger partial charge in [-0.05, 0) is 22.4 Å². The number of urea groups is 1. The van der Waals surface area contributed by atoms with E-state index < -0.39 is 0 Å². The lowest BCUT2D eigenvalue weighted by atomic mass is 10.2. The summed E-state index contributed by atoms with van der Waals surface area (Å²) in [6.45, 7) is 0.673. The number of carbonyl (C=O) groups excluding carboxylic acids is 1. The van der Waals surface area contributed by atoms with Crippen LogP contribution in [0, 0.1) is 0 Å². The zero-order valence-corrected chi connectivity index (χ0v) is 15.0. The number of anilines is 1. The van der Waals surface area contributed by atoms with Crippen molar-refractivity contribution in [2.24, 2.45) is 0 Å². The van der Waals surface area contributed by atoms with E-state index in [0.29, 0.717) is 28.8 Å². The van der Waals surface area contributed by atoms with Gasteiger partial charge in [0.2, 0.25) is 6.79 Å². The average molecular weight is 375 g/mol. The summed E-state index contributed by atoms with van der Waals surface area (Å²) in [6, 6.07) is 11.3. The van der Waals surface area contributed by atoms with Gasteiger partial charge >= 0.3 is 6.03 Å². The Labute approximate surface area is 153 Å². The number of amides is 2. The van der Waals surface area contributed by atoms with Crippen molar-refractivity contribution in [1.29, 1.82) is 0 Å². The Bertz CT molecular complexity index is 957. The lowest BCUT2D eigenvalue weighted by Crippen LogP contribution is -2.30. The molecule has 0 fully saturated rings. The van der Waals surface area contributed by atoms with E-state index in [0.717, 1.165) is 5.56 Å². The van der Waals surface area contributed by atoms with Gasteiger partial charge in [0.05, 0.1) is 10.7 Å². The van der Waals surface area contributed by atoms with Crippen LogP contribution in [0.15, 0.2) is 41.8 Å². The fraction of sp³-hybridized carbons (Fsp3) is 0.167. The van der Waals surface area contributed by atoms with Crippen LogP contribution < -0.4 is 14.8 Å². The van der Waals surface area contributed by atoms with Crippen molar-refractivity contribution in [2.45, 2.75) is 6.54 Å². The molecule has 2 amide bonds. The summed E-state index contributed by atoms with van der Waals surface area (Å²) in [7, 11) is 1.75. The molecule has 0 saturated carbocycles. The van der Waals surface area contributed by atoms with E-state index in [1.54, 1.807) is 35.4 Å². The molecule has 25 heavy (non-hydrogen) atoms. The number of fused-ring (bicyclic) bond motifs is 2. The van der Waals surface area contributed by atoms with Crippen LogP contribution in [-0.2, 0) is 6.54 Å². The zero-order valence-electron chi connectivity index (χ0n) is 13.4. The standard InChI is InChI=1S/C18H15ClN2O3S/c1-21(8-11-9-25-17-5-3-2-4-12(11)17)18(22)20-14-7-16-15(6-13(14)19)23-10-24-16/h2-7,9H,8,10H2,1H3,(H,20,22). The number of halogens is 1. The highest BCUT2D eigenvalue weighted by molar-refractivity contribution is 7.17. The first-order valence-electron chi connectivity index (χ1n) is 7.68. The summed E-state index contributed by atoms with van der Waals surface area (Å²) in [6.07, 6.45) is 0. The first-order valence-corrected chi connectivity index (χ1v) is 8.94. The smallest absolute Gasteiger partial charge is 0.321 e. The summed E-state index contributed by atoms with van der Waals surface area (Å²) in [5.41, 5.74) is 1.62. The number of hydrogen-bond acceptors (Lipinski definition) is 4. The SMILES string of the molecule is CN(Cc1csc2ccccc12)C(=O)Nc1cc2c(cc1Cl)OCO2. The van der Waals surface area contributed by atoms with Crippen LogP contribution in [0.3, 0.4) is 0 Å². The number of hydrogen-bond donors (Lipinski definition) is 1. The fourth-order valence-corrected chi connectivity index (χ4v) is 3.86. The molecular weight excluding hydrogens is 360 g/mol. The zero-order chi connectivity index (χ0) is 17.4. The van der Waals surface area contributed by atoms with Gasteiger partial charge in [0, 0.05) is 30.4 Å². The summed E-state index contributed by atoms with van der Waals surface area (Å²) < 4.78 is 11.8. The fourth-order valence-electron chi connectivity index (χ4n) is 2.71. The number of nitrogens with one attached hydrogen (secondary N) is 1. The first kappa shape index (κ1) is 16.1. The highest BCUT2D eigenvalue weighted by Crippen LogP contribution is 2.39. The minimum atomic E-state index is -0.240. The van der Waals surface area contributed by atoms with Crippen molar-refractivity contribution in [1.82, 2.24) is 4.90 Å². The van der Waals surface area contributed by atoms with Crippen molar-refractivity contribution < 1.29 is 14.3 Å². The third-order valence-corrected chi connectivity index (χ3v) is 5.34. The van der Waals surface area contributed by atoms with Crippen molar-refractivity contribution in [3.63, 3.8) is 0 Å². The maximum absolute atomic E-state index is 12.5. The summed E-state index contributed by atoms with van der Waals surface area (Å²) in [5.74, 6) is 1.16. The van der Waals surface area contributed by atoms with Crippen LogP contribution in [0.5, 0.6) is 11.5 Å². The highest BCUT2D eigenvalue weighted by Gasteiger charge is 2.19. The van der Waals surface area contributed by atoms with Crippen LogP contribution >= 0.6 is 22.9 Å². The predicted molar refractivity (Wildman–Crippen MR) is 99.9 cm³/mol. The van der Waals surface area contributed by atoms with Crippen LogP contribution in [-0.4, -0.2) is 24.8 Å². The second-order valence-corrected chi connectivity index (χ2v) is 7.05. The summed E-state index contributed by atoms with van der Waals surface area (Å²) in [4.78, 5) is 14.1. The molecular formula is C18H15ClN2O3S. The van der Waals surface area contributed by atoms with Gasteiger partial charge in [0.15, 0.2) is 11.5 Å². The van der Waals surface area contributed by atoms with Crippen molar-refractivity contribution in [3.8, 4) is 11.5 Å². The molecule has 4 rings (SSSR count). The second-order valence-electron chi connectivity index (χ2n) is 5.73. The molecule has 2 aromatic carbocycles. The van der Waals surface area contributed by atoms with Gasteiger partial charge in [-0.15, -0.1) is 11.3 Å². The molecule has 7 heteroatoms. The minimum Gasteiger partial charge on any atom is -0.454 e. The predicted octanol–water partition coefficient (Wildman–Crippen LogP) is 4.95. The molecule has 0 aliphatic carbocycles. The quantitative estimate of drug-likeness (QED) is 0.705. The molecule has 0 radical (unpaired) electrons. The van der Waals surface area contributed by atoms with Gasteiger partial charge in [-0.2, -0.15) is 0 Å². The molecule has 0 bridgehead atoms. The van der Waals surface area contributed by atoms with Crippen molar-refractivity contribution in [3.05, 3.63) is 52.4 Å². The lowest BCUT2D eigenvalue weighted by molar-refractivity contribution is 0.174. The monoisotopic (exact) mass is 374 g/mol. The van der Waals surface area contributed by atoms with Crippen LogP contribution in [0.1, 0.15) is 5.56 Å². The third-order valence-electron chi connectivity index (χ3n) is 4.02. The third kappa shape index (κ3) is 3.10. The number of carbonyl (C=O) groups is 1. The molecule has 5 nitrogen and oxygen atoms in total. The van der Waals surface area contributed by atoms with Crippen LogP contribution in [0.25, 0.3) is 10.1 Å². The molecule has 2 heterocycles. The lowest BCUT2D eigenvalue weighted by Gasteiger charge is -2.18. The highest BCUT2D eigenvalue weighted by atomic mass is 35.5. The van der Waals surface area contributed by atoms with E-state index in [2.05, 4.69) is 22.8 Å². The van der Waals surface area contributed by atoms with Gasteiger partial charge in [-0.1, -0.05) is 29.8 Å². The van der Waals surface area contributed by atoms with E-state index in [1.165, 1.54) is 10.1 Å². The van der Waals surface area contributed by atoms with Crippen molar-refractivity contribution >= 4 is 44.7 Å². The molecule has 128 valence electrons. The van der Waals surface area contributed by atoms with E-state index in [-0.39, 0.29) is 12.8 Å². The number of ether oxygens (including phenoxy) is 2. The Hall–Kier alpha value is -2.44. The van der Waals surface area contributed by atoms with Crippen LogP contribution in [0.4, 0.5) is 10.5 Å². The minimum absolute atomic E-state index is 0.161. The topological polar surface area (TPSA) is 50.8 Å².